The molecular weight excluding hydrogens is 160 g/mol. The first-order valence-corrected chi connectivity index (χ1v) is 4.00. The summed E-state index contributed by atoms with van der Waals surface area (Å²) in [6, 6.07) is 9.23. The van der Waals surface area contributed by atoms with E-state index in [1.165, 1.54) is 6.38 Å². The Morgan fingerprint density at radius 3 is 1.91 bits per heavy atom. The fourth-order valence-electron chi connectivity index (χ4n) is 0.673. The van der Waals surface area contributed by atoms with Crippen molar-refractivity contribution in [1.82, 2.24) is 0 Å². The lowest BCUT2D eigenvalue weighted by molar-refractivity contribution is 0.101. The molecule has 0 bridgehead atoms. The van der Waals surface area contributed by atoms with Gasteiger partial charge >= 0.3 is 0 Å². The van der Waals surface area contributed by atoms with Gasteiger partial charge in [0.2, 0.25) is 0 Å². The molecule has 0 N–H and O–H groups in total. The lowest BCUT2D eigenvalue weighted by Crippen LogP contribution is -1.88. The monoisotopic (exact) mass is 170 g/mol. The fraction of sp³-hybridized carbons (Fsp3) is 0.222. The van der Waals surface area contributed by atoms with Crippen LogP contribution in [0.1, 0.15) is 17.3 Å². The van der Waals surface area contributed by atoms with Crippen LogP contribution >= 0.6 is 11.6 Å². The summed E-state index contributed by atoms with van der Waals surface area (Å²) in [6.45, 7) is 1.56. The van der Waals surface area contributed by atoms with Crippen molar-refractivity contribution in [2.45, 2.75) is 6.92 Å². The molecule has 0 heterocycles. The molecule has 11 heavy (non-hydrogen) atoms. The molecule has 0 radical (unpaired) electrons. The van der Waals surface area contributed by atoms with E-state index >= 15 is 0 Å². The van der Waals surface area contributed by atoms with Gasteiger partial charge in [-0.05, 0) is 6.92 Å². The second kappa shape index (κ2) is 5.93. The van der Waals surface area contributed by atoms with Crippen LogP contribution in [0.25, 0.3) is 0 Å². The van der Waals surface area contributed by atoms with Crippen LogP contribution in [-0.4, -0.2) is 12.2 Å². The second-order valence-electron chi connectivity index (χ2n) is 1.92. The molecular formula is C9H11ClO. The third-order valence-corrected chi connectivity index (χ3v) is 1.18. The summed E-state index contributed by atoms with van der Waals surface area (Å²) in [6.07, 6.45) is 1.47. The van der Waals surface area contributed by atoms with Crippen molar-refractivity contribution in [2.24, 2.45) is 0 Å². The van der Waals surface area contributed by atoms with E-state index in [1.54, 1.807) is 6.92 Å². The number of benzene rings is 1. The van der Waals surface area contributed by atoms with Crippen LogP contribution in [0.3, 0.4) is 0 Å². The van der Waals surface area contributed by atoms with Crippen LogP contribution in [0.5, 0.6) is 0 Å². The van der Waals surface area contributed by atoms with Crippen molar-refractivity contribution in [1.29, 1.82) is 0 Å². The molecule has 0 unspecified atom stereocenters. The Labute approximate surface area is 72.0 Å². The predicted molar refractivity (Wildman–Crippen MR) is 48.2 cm³/mol. The predicted octanol–water partition coefficient (Wildman–Crippen LogP) is 2.74. The van der Waals surface area contributed by atoms with Crippen molar-refractivity contribution >= 4 is 17.4 Å². The number of Topliss-reactive ketones (excluding diaryl/α,β-unsaturated/α-hetero) is 1. The average Bonchev–Trinajstić information content (AvgIpc) is 2.10. The average molecular weight is 171 g/mol. The minimum Gasteiger partial charge on any atom is -0.295 e. The van der Waals surface area contributed by atoms with Crippen molar-refractivity contribution in [3.63, 3.8) is 0 Å². The van der Waals surface area contributed by atoms with Crippen molar-refractivity contribution < 1.29 is 4.79 Å². The minimum atomic E-state index is 0.121. The molecule has 0 atom stereocenters. The molecule has 1 rings (SSSR count). The Morgan fingerprint density at radius 1 is 1.18 bits per heavy atom. The Hall–Kier alpha value is -0.820. The van der Waals surface area contributed by atoms with Gasteiger partial charge in [0.25, 0.3) is 0 Å². The molecule has 1 aromatic carbocycles. The smallest absolute Gasteiger partial charge is 0.159 e. The first kappa shape index (κ1) is 10.2. The standard InChI is InChI=1S/C8H8O.CH3Cl/c1-7(9)8-5-3-2-4-6-8;1-2/h2-6H,1H3;1H3. The summed E-state index contributed by atoms with van der Waals surface area (Å²) in [4.78, 5) is 10.6. The fourth-order valence-corrected chi connectivity index (χ4v) is 0.673. The van der Waals surface area contributed by atoms with Gasteiger partial charge in [-0.3, -0.25) is 4.79 Å². The van der Waals surface area contributed by atoms with Gasteiger partial charge < -0.3 is 0 Å². The third-order valence-electron chi connectivity index (χ3n) is 1.18. The summed E-state index contributed by atoms with van der Waals surface area (Å²) >= 11 is 4.64. The Balaban J connectivity index is 0.000000461. The molecule has 0 saturated carbocycles. The van der Waals surface area contributed by atoms with Crippen LogP contribution < -0.4 is 0 Å². The van der Waals surface area contributed by atoms with Gasteiger partial charge in [0.15, 0.2) is 5.78 Å². The number of ketones is 1. The Bertz CT molecular complexity index is 206. The number of rotatable bonds is 1. The number of hydrogen-bond donors (Lipinski definition) is 0. The first-order valence-electron chi connectivity index (χ1n) is 3.24. The summed E-state index contributed by atoms with van der Waals surface area (Å²) in [5, 5.41) is 0. The van der Waals surface area contributed by atoms with Gasteiger partial charge in [-0.15, -0.1) is 11.6 Å². The molecule has 0 amide bonds. The molecule has 0 aliphatic heterocycles. The van der Waals surface area contributed by atoms with E-state index in [1.807, 2.05) is 30.3 Å². The van der Waals surface area contributed by atoms with Crippen LogP contribution in [0.4, 0.5) is 0 Å². The Morgan fingerprint density at radius 2 is 1.64 bits per heavy atom. The highest BCUT2D eigenvalue weighted by atomic mass is 35.5. The highest BCUT2D eigenvalue weighted by molar-refractivity contribution is 6.15. The van der Waals surface area contributed by atoms with E-state index in [4.69, 9.17) is 0 Å². The number of carbonyl (C=O) groups excluding carboxylic acids is 1. The van der Waals surface area contributed by atoms with E-state index in [9.17, 15) is 4.79 Å². The van der Waals surface area contributed by atoms with Crippen LogP contribution in [0.15, 0.2) is 30.3 Å². The highest BCUT2D eigenvalue weighted by Crippen LogP contribution is 1.97. The highest BCUT2D eigenvalue weighted by Gasteiger charge is 1.92. The lowest BCUT2D eigenvalue weighted by atomic mass is 10.2. The zero-order chi connectivity index (χ0) is 8.69. The largest absolute Gasteiger partial charge is 0.295 e. The molecule has 0 spiro atoms. The maximum absolute atomic E-state index is 10.6. The summed E-state index contributed by atoms with van der Waals surface area (Å²) in [5.74, 6) is 0.121. The van der Waals surface area contributed by atoms with Gasteiger partial charge in [-0.1, -0.05) is 30.3 Å². The summed E-state index contributed by atoms with van der Waals surface area (Å²) in [7, 11) is 0. The lowest BCUT2D eigenvalue weighted by Gasteiger charge is -1.89. The van der Waals surface area contributed by atoms with E-state index in [0.29, 0.717) is 0 Å². The zero-order valence-corrected chi connectivity index (χ0v) is 7.43. The number of hydrogen-bond acceptors (Lipinski definition) is 1. The zero-order valence-electron chi connectivity index (χ0n) is 6.67. The number of alkyl halides is 1. The molecule has 1 aromatic rings. The van der Waals surface area contributed by atoms with E-state index in [2.05, 4.69) is 11.6 Å². The summed E-state index contributed by atoms with van der Waals surface area (Å²) < 4.78 is 0. The topological polar surface area (TPSA) is 17.1 Å². The number of carbonyl (C=O) groups is 1. The molecule has 0 saturated heterocycles. The quantitative estimate of drug-likeness (QED) is 0.468. The number of halogens is 1. The second-order valence-corrected chi connectivity index (χ2v) is 1.92. The van der Waals surface area contributed by atoms with Crippen LogP contribution in [-0.2, 0) is 0 Å². The van der Waals surface area contributed by atoms with Crippen molar-refractivity contribution in [2.75, 3.05) is 6.38 Å². The van der Waals surface area contributed by atoms with Gasteiger partial charge in [0, 0.05) is 11.9 Å². The van der Waals surface area contributed by atoms with Gasteiger partial charge in [0.05, 0.1) is 0 Å². The van der Waals surface area contributed by atoms with E-state index in [0.717, 1.165) is 5.56 Å². The molecule has 2 heteroatoms. The third kappa shape index (κ3) is 3.79. The molecule has 0 aromatic heterocycles. The normalized spacial score (nSPS) is 7.91. The molecule has 60 valence electrons. The Kier molecular flexibility index (Phi) is 5.49. The maximum Gasteiger partial charge on any atom is 0.159 e. The van der Waals surface area contributed by atoms with Crippen molar-refractivity contribution in [3.8, 4) is 0 Å². The first-order chi connectivity index (χ1) is 5.30. The van der Waals surface area contributed by atoms with Crippen molar-refractivity contribution in [3.05, 3.63) is 35.9 Å². The van der Waals surface area contributed by atoms with Crippen LogP contribution in [0, 0.1) is 0 Å². The van der Waals surface area contributed by atoms with Gasteiger partial charge in [-0.2, -0.15) is 0 Å². The van der Waals surface area contributed by atoms with Gasteiger partial charge in [0.1, 0.15) is 0 Å². The molecule has 0 aliphatic rings. The van der Waals surface area contributed by atoms with Crippen LogP contribution in [0.2, 0.25) is 0 Å². The summed E-state index contributed by atoms with van der Waals surface area (Å²) in [5.41, 5.74) is 0.775. The van der Waals surface area contributed by atoms with Gasteiger partial charge in [-0.25, -0.2) is 0 Å². The van der Waals surface area contributed by atoms with E-state index in [-0.39, 0.29) is 5.78 Å². The van der Waals surface area contributed by atoms with E-state index < -0.39 is 0 Å². The molecule has 1 nitrogen and oxygen atoms in total. The maximum atomic E-state index is 10.6. The minimum absolute atomic E-state index is 0.121. The molecule has 0 aliphatic carbocycles. The SMILES string of the molecule is CC(=O)c1ccccc1.CCl. The molecule has 0 fully saturated rings.